The third kappa shape index (κ3) is 5.75. The fraction of sp³-hybridized carbons (Fsp3) is 0.176. The Morgan fingerprint density at radius 1 is 1.15 bits per heavy atom. The van der Waals surface area contributed by atoms with Crippen LogP contribution in [-0.4, -0.2) is 32.9 Å². The lowest BCUT2D eigenvalue weighted by Gasteiger charge is -2.14. The van der Waals surface area contributed by atoms with Gasteiger partial charge in [-0.3, -0.25) is 9.59 Å². The van der Waals surface area contributed by atoms with E-state index in [2.05, 4.69) is 5.32 Å². The number of hydrogen-bond acceptors (Lipinski definition) is 5. The summed E-state index contributed by atoms with van der Waals surface area (Å²) in [5.41, 5.74) is 0.340. The van der Waals surface area contributed by atoms with Gasteiger partial charge >= 0.3 is 5.97 Å². The van der Waals surface area contributed by atoms with Gasteiger partial charge in [0.1, 0.15) is 17.3 Å². The molecule has 0 aromatic heterocycles. The SMILES string of the molecule is C[C@H](OC(=O)CNS(=O)(=O)c1ccccc1F)C(=O)Nc1ccccc1Cl. The van der Waals surface area contributed by atoms with Gasteiger partial charge < -0.3 is 10.1 Å². The van der Waals surface area contributed by atoms with Crippen LogP contribution in [0.5, 0.6) is 0 Å². The van der Waals surface area contributed by atoms with E-state index >= 15 is 0 Å². The lowest BCUT2D eigenvalue weighted by atomic mass is 10.3. The Balaban J connectivity index is 1.90. The Hall–Kier alpha value is -2.49. The summed E-state index contributed by atoms with van der Waals surface area (Å²) in [6, 6.07) is 11.2. The summed E-state index contributed by atoms with van der Waals surface area (Å²) in [5.74, 6) is -2.60. The van der Waals surface area contributed by atoms with Crippen molar-refractivity contribution in [2.45, 2.75) is 17.9 Å². The molecule has 0 unspecified atom stereocenters. The van der Waals surface area contributed by atoms with Crippen molar-refractivity contribution in [3.63, 3.8) is 0 Å². The van der Waals surface area contributed by atoms with Crippen LogP contribution in [0.15, 0.2) is 53.4 Å². The monoisotopic (exact) mass is 414 g/mol. The number of amides is 1. The number of sulfonamides is 1. The normalized spacial score (nSPS) is 12.3. The van der Waals surface area contributed by atoms with Crippen LogP contribution in [0.1, 0.15) is 6.92 Å². The molecule has 0 radical (unpaired) electrons. The predicted molar refractivity (Wildman–Crippen MR) is 97.2 cm³/mol. The summed E-state index contributed by atoms with van der Waals surface area (Å²) >= 11 is 5.92. The van der Waals surface area contributed by atoms with E-state index in [-0.39, 0.29) is 0 Å². The Morgan fingerprint density at radius 2 is 1.78 bits per heavy atom. The molecular weight excluding hydrogens is 399 g/mol. The third-order valence-corrected chi connectivity index (χ3v) is 5.11. The highest BCUT2D eigenvalue weighted by molar-refractivity contribution is 7.89. The first-order chi connectivity index (χ1) is 12.7. The zero-order chi connectivity index (χ0) is 20.0. The fourth-order valence-electron chi connectivity index (χ4n) is 1.98. The number of hydrogen-bond donors (Lipinski definition) is 2. The zero-order valence-corrected chi connectivity index (χ0v) is 15.7. The number of anilines is 1. The van der Waals surface area contributed by atoms with E-state index in [1.165, 1.54) is 19.1 Å². The minimum absolute atomic E-state index is 0.307. The molecule has 10 heteroatoms. The molecule has 0 aliphatic heterocycles. The number of para-hydroxylation sites is 1. The van der Waals surface area contributed by atoms with Gasteiger partial charge in [0, 0.05) is 0 Å². The number of carbonyl (C=O) groups excluding carboxylic acids is 2. The van der Waals surface area contributed by atoms with E-state index in [9.17, 15) is 22.4 Å². The quantitative estimate of drug-likeness (QED) is 0.677. The van der Waals surface area contributed by atoms with Gasteiger partial charge in [-0.2, -0.15) is 4.72 Å². The molecule has 144 valence electrons. The molecule has 0 spiro atoms. The topological polar surface area (TPSA) is 102 Å². The maximum atomic E-state index is 13.6. The molecule has 2 aromatic carbocycles. The third-order valence-electron chi connectivity index (χ3n) is 3.34. The van der Waals surface area contributed by atoms with Gasteiger partial charge in [0.15, 0.2) is 6.10 Å². The molecule has 2 aromatic rings. The van der Waals surface area contributed by atoms with Crippen LogP contribution in [0, 0.1) is 5.82 Å². The summed E-state index contributed by atoms with van der Waals surface area (Å²) in [7, 11) is -4.24. The molecule has 0 saturated carbocycles. The minimum atomic E-state index is -4.24. The number of nitrogens with one attached hydrogen (secondary N) is 2. The van der Waals surface area contributed by atoms with Crippen LogP contribution in [0.4, 0.5) is 10.1 Å². The van der Waals surface area contributed by atoms with E-state index in [0.29, 0.717) is 10.7 Å². The Bertz CT molecular complexity index is 952. The highest BCUT2D eigenvalue weighted by Crippen LogP contribution is 2.20. The highest BCUT2D eigenvalue weighted by atomic mass is 35.5. The standard InChI is InChI=1S/C17H16ClFN2O5S/c1-11(17(23)21-14-8-4-2-6-12(14)18)26-16(22)10-20-27(24,25)15-9-5-3-7-13(15)19/h2-9,11,20H,10H2,1H3,(H,21,23)/t11-/m0/s1. The van der Waals surface area contributed by atoms with Gasteiger partial charge in [0.25, 0.3) is 5.91 Å². The van der Waals surface area contributed by atoms with E-state index < -0.39 is 45.3 Å². The summed E-state index contributed by atoms with van der Waals surface area (Å²) in [6.07, 6.45) is -1.20. The van der Waals surface area contributed by atoms with Crippen molar-refractivity contribution >= 4 is 39.2 Å². The van der Waals surface area contributed by atoms with Crippen molar-refractivity contribution in [1.29, 1.82) is 0 Å². The van der Waals surface area contributed by atoms with Gasteiger partial charge in [-0.1, -0.05) is 35.9 Å². The largest absolute Gasteiger partial charge is 0.452 e. The summed E-state index contributed by atoms with van der Waals surface area (Å²) in [4.78, 5) is 23.2. The number of benzene rings is 2. The number of carbonyl (C=O) groups is 2. The maximum absolute atomic E-state index is 13.6. The average molecular weight is 415 g/mol. The van der Waals surface area contributed by atoms with E-state index in [0.717, 1.165) is 12.1 Å². The number of esters is 1. The fourth-order valence-corrected chi connectivity index (χ4v) is 3.21. The van der Waals surface area contributed by atoms with E-state index in [1.54, 1.807) is 24.3 Å². The molecular formula is C17H16ClFN2O5S. The van der Waals surface area contributed by atoms with Crippen molar-refractivity contribution in [3.8, 4) is 0 Å². The van der Waals surface area contributed by atoms with Crippen molar-refractivity contribution in [2.75, 3.05) is 11.9 Å². The molecule has 1 atom stereocenters. The molecule has 0 saturated heterocycles. The molecule has 2 rings (SSSR count). The Kier molecular flexibility index (Phi) is 6.89. The molecule has 27 heavy (non-hydrogen) atoms. The second-order valence-corrected chi connectivity index (χ2v) is 7.50. The average Bonchev–Trinajstić information content (AvgIpc) is 2.62. The van der Waals surface area contributed by atoms with Gasteiger partial charge in [-0.05, 0) is 31.2 Å². The van der Waals surface area contributed by atoms with E-state index in [4.69, 9.17) is 16.3 Å². The minimum Gasteiger partial charge on any atom is -0.452 e. The number of halogens is 2. The smallest absolute Gasteiger partial charge is 0.321 e. The van der Waals surface area contributed by atoms with E-state index in [1.807, 2.05) is 4.72 Å². The lowest BCUT2D eigenvalue weighted by Crippen LogP contribution is -2.36. The van der Waals surface area contributed by atoms with Gasteiger partial charge in [0.05, 0.1) is 10.7 Å². The molecule has 0 aliphatic rings. The van der Waals surface area contributed by atoms with Crippen LogP contribution in [0.3, 0.4) is 0 Å². The van der Waals surface area contributed by atoms with Crippen LogP contribution < -0.4 is 10.0 Å². The summed E-state index contributed by atoms with van der Waals surface area (Å²) in [5, 5.41) is 2.79. The van der Waals surface area contributed by atoms with Crippen molar-refractivity contribution < 1.29 is 27.1 Å². The van der Waals surface area contributed by atoms with Crippen molar-refractivity contribution in [3.05, 3.63) is 59.4 Å². The van der Waals surface area contributed by atoms with Crippen LogP contribution in [-0.2, 0) is 24.3 Å². The summed E-state index contributed by atoms with van der Waals surface area (Å²) < 4.78 is 44.4. The molecule has 2 N–H and O–H groups in total. The first kappa shape index (κ1) is 20.8. The Labute approximate surface area is 160 Å². The van der Waals surface area contributed by atoms with Crippen molar-refractivity contribution in [2.24, 2.45) is 0 Å². The highest BCUT2D eigenvalue weighted by Gasteiger charge is 2.22. The van der Waals surface area contributed by atoms with Crippen LogP contribution in [0.2, 0.25) is 5.02 Å². The van der Waals surface area contributed by atoms with Gasteiger partial charge in [0.2, 0.25) is 10.0 Å². The lowest BCUT2D eigenvalue weighted by molar-refractivity contribution is -0.151. The Morgan fingerprint density at radius 3 is 2.44 bits per heavy atom. The van der Waals surface area contributed by atoms with Crippen molar-refractivity contribution in [1.82, 2.24) is 4.72 Å². The number of ether oxygens (including phenoxy) is 1. The number of rotatable bonds is 7. The van der Waals surface area contributed by atoms with Crippen LogP contribution in [0.25, 0.3) is 0 Å². The molecule has 0 fully saturated rings. The molecule has 1 amide bonds. The first-order valence-corrected chi connectivity index (χ1v) is 9.56. The second-order valence-electron chi connectivity index (χ2n) is 5.36. The van der Waals surface area contributed by atoms with Crippen LogP contribution >= 0.6 is 11.6 Å². The van der Waals surface area contributed by atoms with Gasteiger partial charge in [-0.15, -0.1) is 0 Å². The summed E-state index contributed by atoms with van der Waals surface area (Å²) in [6.45, 7) is 0.551. The van der Waals surface area contributed by atoms with Gasteiger partial charge in [-0.25, -0.2) is 12.8 Å². The predicted octanol–water partition coefficient (Wildman–Crippen LogP) is 2.33. The molecule has 0 aliphatic carbocycles. The maximum Gasteiger partial charge on any atom is 0.321 e. The molecule has 7 nitrogen and oxygen atoms in total. The molecule has 0 heterocycles. The first-order valence-electron chi connectivity index (χ1n) is 7.70. The second kappa shape index (κ2) is 8.94. The molecule has 0 bridgehead atoms. The zero-order valence-electron chi connectivity index (χ0n) is 14.1.